The molecule has 2 bridgehead atoms. The highest BCUT2D eigenvalue weighted by Gasteiger charge is 2.44. The van der Waals surface area contributed by atoms with Crippen LogP contribution in [0.2, 0.25) is 0 Å². The van der Waals surface area contributed by atoms with Gasteiger partial charge >= 0.3 is 6.09 Å². The van der Waals surface area contributed by atoms with Crippen molar-refractivity contribution in [1.29, 1.82) is 0 Å². The molecule has 0 spiro atoms. The van der Waals surface area contributed by atoms with Crippen molar-refractivity contribution in [1.82, 2.24) is 4.90 Å². The topological polar surface area (TPSA) is 29.5 Å². The molecule has 2 heterocycles. The van der Waals surface area contributed by atoms with Gasteiger partial charge in [-0.15, -0.1) is 0 Å². The van der Waals surface area contributed by atoms with Crippen LogP contribution in [-0.2, 0) is 4.74 Å². The summed E-state index contributed by atoms with van der Waals surface area (Å²) in [7, 11) is 0. The minimum atomic E-state index is -0.461. The van der Waals surface area contributed by atoms with E-state index in [1.165, 1.54) is 22.3 Å². The minimum Gasteiger partial charge on any atom is -0.444 e. The van der Waals surface area contributed by atoms with E-state index in [9.17, 15) is 4.79 Å². The minimum absolute atomic E-state index is 0.0316. The van der Waals surface area contributed by atoms with Gasteiger partial charge in [-0.1, -0.05) is 24.3 Å². The normalized spacial score (nSPS) is 23.1. The summed E-state index contributed by atoms with van der Waals surface area (Å²) in [6.45, 7) is 9.93. The SMILES string of the molecule is Cc1cc2c(cc1C)C1C=CC2N1C(=O)OC(C)(C)C. The Balaban J connectivity index is 1.94. The lowest BCUT2D eigenvalue weighted by atomic mass is 9.93. The smallest absolute Gasteiger partial charge is 0.411 e. The van der Waals surface area contributed by atoms with E-state index in [0.29, 0.717) is 0 Å². The fraction of sp³-hybridized carbons (Fsp3) is 0.471. The summed E-state index contributed by atoms with van der Waals surface area (Å²) in [5.74, 6) is 0. The van der Waals surface area contributed by atoms with Crippen molar-refractivity contribution in [3.8, 4) is 0 Å². The molecule has 0 fully saturated rings. The summed E-state index contributed by atoms with van der Waals surface area (Å²) in [5.41, 5.74) is 4.57. The third kappa shape index (κ3) is 1.92. The number of hydrogen-bond acceptors (Lipinski definition) is 2. The van der Waals surface area contributed by atoms with Crippen molar-refractivity contribution in [2.45, 2.75) is 52.3 Å². The summed E-state index contributed by atoms with van der Waals surface area (Å²) in [5, 5.41) is 0. The highest BCUT2D eigenvalue weighted by molar-refractivity contribution is 5.74. The molecule has 0 radical (unpaired) electrons. The monoisotopic (exact) mass is 271 g/mol. The molecule has 1 aromatic rings. The Kier molecular flexibility index (Phi) is 2.72. The Labute approximate surface area is 120 Å². The zero-order valence-corrected chi connectivity index (χ0v) is 12.7. The van der Waals surface area contributed by atoms with Gasteiger partial charge in [-0.05, 0) is 56.9 Å². The quantitative estimate of drug-likeness (QED) is 0.662. The number of fused-ring (bicyclic) bond motifs is 5. The molecule has 2 atom stereocenters. The van der Waals surface area contributed by atoms with E-state index >= 15 is 0 Å². The van der Waals surface area contributed by atoms with Gasteiger partial charge in [0.1, 0.15) is 5.60 Å². The molecule has 2 aliphatic rings. The molecule has 2 aliphatic heterocycles. The van der Waals surface area contributed by atoms with Crippen LogP contribution in [-0.4, -0.2) is 16.6 Å². The second-order valence-electron chi connectivity index (χ2n) is 6.73. The predicted octanol–water partition coefficient (Wildman–Crippen LogP) is 4.21. The lowest BCUT2D eigenvalue weighted by Crippen LogP contribution is -2.35. The van der Waals surface area contributed by atoms with Crippen LogP contribution in [0, 0.1) is 13.8 Å². The van der Waals surface area contributed by atoms with Crippen molar-refractivity contribution < 1.29 is 9.53 Å². The number of amides is 1. The maximum Gasteiger partial charge on any atom is 0.411 e. The summed E-state index contributed by atoms with van der Waals surface area (Å²) in [6.07, 6.45) is 3.97. The molecule has 0 N–H and O–H groups in total. The van der Waals surface area contributed by atoms with E-state index in [0.717, 1.165) is 0 Å². The van der Waals surface area contributed by atoms with Gasteiger partial charge in [-0.3, -0.25) is 4.90 Å². The number of carbonyl (C=O) groups excluding carboxylic acids is 1. The number of carbonyl (C=O) groups is 1. The first-order valence-corrected chi connectivity index (χ1v) is 7.08. The van der Waals surface area contributed by atoms with Crippen LogP contribution in [0.1, 0.15) is 55.1 Å². The maximum atomic E-state index is 12.4. The Morgan fingerprint density at radius 2 is 1.50 bits per heavy atom. The Bertz CT molecular complexity index is 571. The van der Waals surface area contributed by atoms with Gasteiger partial charge in [0.15, 0.2) is 0 Å². The number of ether oxygens (including phenoxy) is 1. The summed E-state index contributed by atoms with van der Waals surface area (Å²) in [6, 6.07) is 4.47. The lowest BCUT2D eigenvalue weighted by Gasteiger charge is -2.27. The predicted molar refractivity (Wildman–Crippen MR) is 78.6 cm³/mol. The van der Waals surface area contributed by atoms with E-state index in [4.69, 9.17) is 4.74 Å². The van der Waals surface area contributed by atoms with Gasteiger partial charge in [0.25, 0.3) is 0 Å². The van der Waals surface area contributed by atoms with Gasteiger partial charge in [0, 0.05) is 0 Å². The van der Waals surface area contributed by atoms with Crippen molar-refractivity contribution in [3.05, 3.63) is 46.5 Å². The van der Waals surface area contributed by atoms with Crippen LogP contribution in [0.5, 0.6) is 0 Å². The second-order valence-corrected chi connectivity index (χ2v) is 6.73. The summed E-state index contributed by atoms with van der Waals surface area (Å²) in [4.78, 5) is 14.3. The van der Waals surface area contributed by atoms with Gasteiger partial charge in [0.2, 0.25) is 0 Å². The van der Waals surface area contributed by atoms with Crippen molar-refractivity contribution in [2.24, 2.45) is 0 Å². The maximum absolute atomic E-state index is 12.4. The van der Waals surface area contributed by atoms with Crippen LogP contribution >= 0.6 is 0 Å². The molecule has 3 nitrogen and oxygen atoms in total. The first kappa shape index (κ1) is 13.2. The van der Waals surface area contributed by atoms with Crippen LogP contribution < -0.4 is 0 Å². The van der Waals surface area contributed by atoms with Crippen LogP contribution in [0.25, 0.3) is 0 Å². The fourth-order valence-corrected chi connectivity index (χ4v) is 2.99. The zero-order chi connectivity index (χ0) is 14.7. The molecule has 1 amide bonds. The van der Waals surface area contributed by atoms with Crippen LogP contribution in [0.15, 0.2) is 24.3 Å². The molecule has 2 unspecified atom stereocenters. The molecule has 20 heavy (non-hydrogen) atoms. The molecule has 0 saturated carbocycles. The number of aryl methyl sites for hydroxylation is 2. The molecule has 3 rings (SSSR count). The molecule has 106 valence electrons. The van der Waals surface area contributed by atoms with Crippen molar-refractivity contribution in [2.75, 3.05) is 0 Å². The Morgan fingerprint density at radius 1 is 1.05 bits per heavy atom. The highest BCUT2D eigenvalue weighted by atomic mass is 16.6. The highest BCUT2D eigenvalue weighted by Crippen LogP contribution is 2.49. The molecule has 3 heteroatoms. The third-order valence-corrected chi connectivity index (χ3v) is 4.02. The molecular formula is C17H21NO2. The number of rotatable bonds is 0. The molecule has 1 aromatic carbocycles. The number of hydrogen-bond donors (Lipinski definition) is 0. The Morgan fingerprint density at radius 3 is 1.90 bits per heavy atom. The van der Waals surface area contributed by atoms with Gasteiger partial charge in [-0.25, -0.2) is 4.79 Å². The van der Waals surface area contributed by atoms with Gasteiger partial charge in [-0.2, -0.15) is 0 Å². The molecule has 0 aromatic heterocycles. The molecule has 0 aliphatic carbocycles. The van der Waals surface area contributed by atoms with Crippen molar-refractivity contribution >= 4 is 6.09 Å². The van der Waals surface area contributed by atoms with Gasteiger partial charge < -0.3 is 4.74 Å². The van der Waals surface area contributed by atoms with E-state index < -0.39 is 5.60 Å². The average molecular weight is 271 g/mol. The van der Waals surface area contributed by atoms with E-state index in [1.54, 1.807) is 0 Å². The number of nitrogens with zero attached hydrogens (tertiary/aromatic N) is 1. The Hall–Kier alpha value is -1.77. The average Bonchev–Trinajstić information content (AvgIpc) is 2.84. The van der Waals surface area contributed by atoms with Crippen LogP contribution in [0.4, 0.5) is 4.79 Å². The molecule has 0 saturated heterocycles. The largest absolute Gasteiger partial charge is 0.444 e. The van der Waals surface area contributed by atoms with Crippen LogP contribution in [0.3, 0.4) is 0 Å². The van der Waals surface area contributed by atoms with Crippen molar-refractivity contribution in [3.63, 3.8) is 0 Å². The summed E-state index contributed by atoms with van der Waals surface area (Å²) >= 11 is 0. The van der Waals surface area contributed by atoms with E-state index in [-0.39, 0.29) is 18.2 Å². The second kappa shape index (κ2) is 4.11. The van der Waals surface area contributed by atoms with Gasteiger partial charge in [0.05, 0.1) is 12.1 Å². The zero-order valence-electron chi connectivity index (χ0n) is 12.7. The fourth-order valence-electron chi connectivity index (χ4n) is 2.99. The first-order valence-electron chi connectivity index (χ1n) is 7.08. The molecular weight excluding hydrogens is 250 g/mol. The summed E-state index contributed by atoms with van der Waals surface area (Å²) < 4.78 is 5.54. The lowest BCUT2D eigenvalue weighted by molar-refractivity contribution is 0.0196. The standard InChI is InChI=1S/C17H21NO2/c1-10-8-12-13(9-11(10)2)15-7-6-14(12)18(15)16(19)20-17(3,4)5/h6-9,14-15H,1-5H3. The van der Waals surface area contributed by atoms with E-state index in [2.05, 4.69) is 38.1 Å². The number of benzene rings is 1. The third-order valence-electron chi connectivity index (χ3n) is 4.02. The first-order chi connectivity index (χ1) is 9.28. The van der Waals surface area contributed by atoms with E-state index in [1.807, 2.05) is 25.7 Å².